The molecule has 4 atom stereocenters. The number of carbonyl (C=O) groups is 4. The van der Waals surface area contributed by atoms with Crippen molar-refractivity contribution < 1.29 is 29.4 Å². The normalized spacial score (nSPS) is 17.6. The summed E-state index contributed by atoms with van der Waals surface area (Å²) in [7, 11) is 0. The van der Waals surface area contributed by atoms with Gasteiger partial charge in [-0.05, 0) is 43.2 Å². The monoisotopic (exact) mass is 671 g/mol. The molecule has 11 nitrogen and oxygen atoms in total. The Morgan fingerprint density at radius 2 is 1.60 bits per heavy atom. The van der Waals surface area contributed by atoms with Crippen LogP contribution < -0.4 is 16.0 Å². The van der Waals surface area contributed by atoms with Gasteiger partial charge < -0.3 is 31.1 Å². The minimum absolute atomic E-state index is 0.0344. The van der Waals surface area contributed by atoms with Crippen LogP contribution in [0.5, 0.6) is 0 Å². The molecule has 1 aromatic carbocycles. The molecule has 0 bridgehead atoms. The highest BCUT2D eigenvalue weighted by atomic mass is 32.1. The Labute approximate surface area is 282 Å². The number of aliphatic hydroxyl groups excluding tert-OH is 1. The van der Waals surface area contributed by atoms with Crippen LogP contribution in [0.1, 0.15) is 109 Å². The van der Waals surface area contributed by atoms with Gasteiger partial charge in [-0.3, -0.25) is 14.4 Å². The van der Waals surface area contributed by atoms with Gasteiger partial charge in [-0.1, -0.05) is 83.6 Å². The van der Waals surface area contributed by atoms with Crippen molar-refractivity contribution in [2.75, 3.05) is 13.1 Å². The quantitative estimate of drug-likeness (QED) is 0.138. The molecule has 2 unspecified atom stereocenters. The zero-order valence-corrected chi connectivity index (χ0v) is 29.3. The van der Waals surface area contributed by atoms with Gasteiger partial charge >= 0.3 is 6.09 Å². The van der Waals surface area contributed by atoms with E-state index < -0.39 is 29.7 Å². The number of carboxylic acid groups (broad SMARTS) is 1. The standard InChI is InChI=1S/C35H53N5O6S/c1-23(25-15-17-26(18-16-25)30-24(2)37-22-47-30)38-32(43)28-20-27(41)21-40(28)33(44)31(35(3,4)5)39-29(42)14-12-10-8-6-7-9-11-13-19-36-34(45)46/h15-18,22-23,27-28,31,36,41H,6-14,19-21H2,1-5H3,(H,38,43)(H,39,42)(H,45,46)/t23?,27-,28+,31?/m1/s1. The zero-order chi connectivity index (χ0) is 34.6. The van der Waals surface area contributed by atoms with Crippen LogP contribution in [0.15, 0.2) is 29.8 Å². The van der Waals surface area contributed by atoms with Crippen molar-refractivity contribution >= 4 is 35.2 Å². The van der Waals surface area contributed by atoms with E-state index in [4.69, 9.17) is 5.11 Å². The van der Waals surface area contributed by atoms with E-state index in [9.17, 15) is 24.3 Å². The molecule has 2 heterocycles. The molecule has 1 aromatic heterocycles. The summed E-state index contributed by atoms with van der Waals surface area (Å²) in [6.07, 6.45) is 6.30. The number of likely N-dealkylation sites (tertiary alicyclic amines) is 1. The van der Waals surface area contributed by atoms with E-state index in [0.717, 1.165) is 73.1 Å². The van der Waals surface area contributed by atoms with E-state index in [1.54, 1.807) is 11.3 Å². The summed E-state index contributed by atoms with van der Waals surface area (Å²) in [4.78, 5) is 57.6. The second-order valence-corrected chi connectivity index (χ2v) is 14.5. The molecule has 1 aliphatic rings. The fourth-order valence-corrected chi connectivity index (χ4v) is 6.73. The van der Waals surface area contributed by atoms with Crippen molar-refractivity contribution in [3.05, 3.63) is 41.0 Å². The van der Waals surface area contributed by atoms with Crippen molar-refractivity contribution in [1.82, 2.24) is 25.8 Å². The second kappa shape index (κ2) is 18.1. The number of nitrogens with one attached hydrogen (secondary N) is 3. The SMILES string of the molecule is Cc1ncsc1-c1ccc(C(C)NC(=O)[C@@H]2C[C@@H](O)CN2C(=O)C(NC(=O)CCCCCCCCCCNC(=O)O)C(C)(C)C)cc1. The first-order valence-corrected chi connectivity index (χ1v) is 17.7. The average Bonchev–Trinajstić information content (AvgIpc) is 3.62. The highest BCUT2D eigenvalue weighted by Crippen LogP contribution is 2.29. The maximum absolute atomic E-state index is 13.9. The third-order valence-electron chi connectivity index (χ3n) is 8.67. The number of thiazole rings is 1. The summed E-state index contributed by atoms with van der Waals surface area (Å²) in [6, 6.07) is 5.98. The van der Waals surface area contributed by atoms with E-state index >= 15 is 0 Å². The molecule has 0 saturated carbocycles. The Hall–Kier alpha value is -3.51. The fraction of sp³-hybridized carbons (Fsp3) is 0.629. The lowest BCUT2D eigenvalue weighted by Crippen LogP contribution is -2.57. The molecule has 1 saturated heterocycles. The van der Waals surface area contributed by atoms with Crippen LogP contribution in [0.2, 0.25) is 0 Å². The molecule has 0 radical (unpaired) electrons. The smallest absolute Gasteiger partial charge is 0.404 e. The van der Waals surface area contributed by atoms with E-state index in [-0.39, 0.29) is 36.7 Å². The molecule has 260 valence electrons. The number of nitrogens with zero attached hydrogens (tertiary/aromatic N) is 2. The van der Waals surface area contributed by atoms with Crippen molar-refractivity contribution in [1.29, 1.82) is 0 Å². The van der Waals surface area contributed by atoms with Crippen molar-refractivity contribution in [2.45, 2.75) is 123 Å². The van der Waals surface area contributed by atoms with Gasteiger partial charge in [0.2, 0.25) is 17.7 Å². The highest BCUT2D eigenvalue weighted by molar-refractivity contribution is 7.13. The molecular weight excluding hydrogens is 618 g/mol. The van der Waals surface area contributed by atoms with Gasteiger partial charge in [0.1, 0.15) is 12.1 Å². The lowest BCUT2D eigenvalue weighted by molar-refractivity contribution is -0.144. The first-order valence-electron chi connectivity index (χ1n) is 16.8. The van der Waals surface area contributed by atoms with Crippen molar-refractivity contribution in [3.8, 4) is 10.4 Å². The molecule has 0 spiro atoms. The van der Waals surface area contributed by atoms with Gasteiger partial charge in [-0.2, -0.15) is 0 Å². The maximum Gasteiger partial charge on any atom is 0.404 e. The van der Waals surface area contributed by atoms with Gasteiger partial charge in [0, 0.05) is 25.9 Å². The first-order chi connectivity index (χ1) is 22.3. The van der Waals surface area contributed by atoms with Crippen LogP contribution in [-0.2, 0) is 14.4 Å². The summed E-state index contributed by atoms with van der Waals surface area (Å²) in [5, 5.41) is 27.4. The summed E-state index contributed by atoms with van der Waals surface area (Å²) < 4.78 is 0. The molecule has 3 rings (SSSR count). The Kier molecular flexibility index (Phi) is 14.6. The topological polar surface area (TPSA) is 161 Å². The van der Waals surface area contributed by atoms with Gasteiger partial charge in [0.15, 0.2) is 0 Å². The largest absolute Gasteiger partial charge is 0.465 e. The number of rotatable bonds is 17. The molecule has 2 aromatic rings. The Balaban J connectivity index is 1.49. The number of hydrogen-bond acceptors (Lipinski definition) is 7. The molecule has 5 N–H and O–H groups in total. The molecule has 1 fully saturated rings. The molecule has 47 heavy (non-hydrogen) atoms. The third-order valence-corrected chi connectivity index (χ3v) is 9.64. The van der Waals surface area contributed by atoms with E-state index in [2.05, 4.69) is 20.9 Å². The Morgan fingerprint density at radius 1 is 0.979 bits per heavy atom. The van der Waals surface area contributed by atoms with Crippen molar-refractivity contribution in [2.24, 2.45) is 5.41 Å². The number of aliphatic hydroxyl groups is 1. The number of benzene rings is 1. The molecule has 4 amide bonds. The number of unbranched alkanes of at least 4 members (excludes halogenated alkanes) is 7. The van der Waals surface area contributed by atoms with E-state index in [1.165, 1.54) is 4.90 Å². The number of carbonyl (C=O) groups excluding carboxylic acids is 3. The Bertz CT molecular complexity index is 1320. The number of aryl methyl sites for hydroxylation is 1. The minimum Gasteiger partial charge on any atom is -0.465 e. The van der Waals surface area contributed by atoms with Crippen LogP contribution in [-0.4, -0.2) is 75.2 Å². The number of amides is 4. The average molecular weight is 672 g/mol. The number of β-amino-alcohol motifs (C(OH)–C–C–N with tert-alkyl or cyclic N) is 1. The summed E-state index contributed by atoms with van der Waals surface area (Å²) in [6.45, 7) is 10.0. The zero-order valence-electron chi connectivity index (χ0n) is 28.5. The summed E-state index contributed by atoms with van der Waals surface area (Å²) >= 11 is 1.58. The van der Waals surface area contributed by atoms with Crippen LogP contribution >= 0.6 is 11.3 Å². The summed E-state index contributed by atoms with van der Waals surface area (Å²) in [5.74, 6) is -0.894. The molecule has 1 aliphatic heterocycles. The lowest BCUT2D eigenvalue weighted by atomic mass is 9.85. The van der Waals surface area contributed by atoms with Crippen LogP contribution in [0.4, 0.5) is 4.79 Å². The lowest BCUT2D eigenvalue weighted by Gasteiger charge is -2.35. The molecule has 12 heteroatoms. The van der Waals surface area contributed by atoms with Gasteiger partial charge in [0.25, 0.3) is 0 Å². The first kappa shape index (κ1) is 37.9. The number of aromatic nitrogens is 1. The molecular formula is C35H53N5O6S. The second-order valence-electron chi connectivity index (χ2n) is 13.7. The van der Waals surface area contributed by atoms with E-state index in [0.29, 0.717) is 13.0 Å². The van der Waals surface area contributed by atoms with Gasteiger partial charge in [0.05, 0.1) is 28.2 Å². The minimum atomic E-state index is -0.986. The predicted molar refractivity (Wildman–Crippen MR) is 184 cm³/mol. The summed E-state index contributed by atoms with van der Waals surface area (Å²) in [5.41, 5.74) is 4.18. The van der Waals surface area contributed by atoms with E-state index in [1.807, 2.05) is 64.4 Å². The highest BCUT2D eigenvalue weighted by Gasteiger charge is 2.44. The molecule has 0 aliphatic carbocycles. The van der Waals surface area contributed by atoms with Crippen LogP contribution in [0.3, 0.4) is 0 Å². The van der Waals surface area contributed by atoms with Crippen LogP contribution in [0.25, 0.3) is 10.4 Å². The Morgan fingerprint density at radius 3 is 2.17 bits per heavy atom. The third kappa shape index (κ3) is 11.9. The maximum atomic E-state index is 13.9. The van der Waals surface area contributed by atoms with Crippen LogP contribution in [0, 0.1) is 12.3 Å². The predicted octanol–water partition coefficient (Wildman–Crippen LogP) is 5.57. The fourth-order valence-electron chi connectivity index (χ4n) is 5.92. The van der Waals surface area contributed by atoms with Crippen molar-refractivity contribution in [3.63, 3.8) is 0 Å². The van der Waals surface area contributed by atoms with Gasteiger partial charge in [-0.15, -0.1) is 11.3 Å². The van der Waals surface area contributed by atoms with Gasteiger partial charge in [-0.25, -0.2) is 9.78 Å². The number of hydrogen-bond donors (Lipinski definition) is 5.